The maximum absolute atomic E-state index is 11.7. The molecule has 0 radical (unpaired) electrons. The van der Waals surface area contributed by atoms with Gasteiger partial charge < -0.3 is 4.74 Å². The van der Waals surface area contributed by atoms with Crippen LogP contribution in [0.5, 0.6) is 0 Å². The molecule has 2 rings (SSSR count). The van der Waals surface area contributed by atoms with Gasteiger partial charge in [0, 0.05) is 10.2 Å². The van der Waals surface area contributed by atoms with Gasteiger partial charge in [0.15, 0.2) is 0 Å². The number of halogens is 1. The van der Waals surface area contributed by atoms with Crippen molar-refractivity contribution in [3.05, 3.63) is 63.9 Å². The average molecular weight is 320 g/mol. The van der Waals surface area contributed by atoms with Crippen molar-refractivity contribution in [3.63, 3.8) is 0 Å². The molecule has 3 nitrogen and oxygen atoms in total. The normalized spacial score (nSPS) is 10.2. The lowest BCUT2D eigenvalue weighted by Gasteiger charge is -2.05. The quantitative estimate of drug-likeness (QED) is 0.810. The van der Waals surface area contributed by atoms with Crippen molar-refractivity contribution in [2.24, 2.45) is 0 Å². The highest BCUT2D eigenvalue weighted by molar-refractivity contribution is 9.10. The highest BCUT2D eigenvalue weighted by Crippen LogP contribution is 2.11. The second-order valence-electron chi connectivity index (χ2n) is 4.23. The summed E-state index contributed by atoms with van der Waals surface area (Å²) in [6.07, 6.45) is 0.277. The Bertz CT molecular complexity index is 567. The molecule has 0 aliphatic carbocycles. The first-order chi connectivity index (χ1) is 9.13. The Balaban J connectivity index is 1.86. The van der Waals surface area contributed by atoms with Crippen molar-refractivity contribution < 1.29 is 9.53 Å². The van der Waals surface area contributed by atoms with Crippen LogP contribution >= 0.6 is 15.9 Å². The second kappa shape index (κ2) is 6.48. The van der Waals surface area contributed by atoms with Gasteiger partial charge in [-0.05, 0) is 36.8 Å². The van der Waals surface area contributed by atoms with Gasteiger partial charge in [-0.25, -0.2) is 0 Å². The summed E-state index contributed by atoms with van der Waals surface area (Å²) in [5.41, 5.74) is 2.62. The number of aryl methyl sites for hydroxylation is 1. The number of esters is 1. The van der Waals surface area contributed by atoms with Crippen LogP contribution in [0, 0.1) is 6.92 Å². The highest BCUT2D eigenvalue weighted by atomic mass is 79.9. The number of hydrogen-bond acceptors (Lipinski definition) is 3. The van der Waals surface area contributed by atoms with E-state index in [0.29, 0.717) is 0 Å². The Hall–Kier alpha value is -1.68. The molecule has 0 amide bonds. The minimum atomic E-state index is -0.245. The van der Waals surface area contributed by atoms with E-state index < -0.39 is 0 Å². The van der Waals surface area contributed by atoms with Gasteiger partial charge in [0.1, 0.15) is 6.61 Å². The molecule has 19 heavy (non-hydrogen) atoms. The predicted molar refractivity (Wildman–Crippen MR) is 76.6 cm³/mol. The molecule has 0 spiro atoms. The summed E-state index contributed by atoms with van der Waals surface area (Å²) in [5.74, 6) is -0.245. The molecule has 0 bridgehead atoms. The molecule has 4 heteroatoms. The number of carbonyl (C=O) groups excluding carboxylic acids is 1. The molecule has 0 aliphatic heterocycles. The molecule has 0 unspecified atom stereocenters. The smallest absolute Gasteiger partial charge is 0.310 e. The summed E-state index contributed by atoms with van der Waals surface area (Å²) in [6.45, 7) is 2.13. The summed E-state index contributed by atoms with van der Waals surface area (Å²) < 4.78 is 6.20. The van der Waals surface area contributed by atoms with E-state index in [2.05, 4.69) is 20.9 Å². The number of aromatic nitrogens is 1. The standard InChI is InChI=1S/C15H14BrNO2/c1-11-3-2-4-14(17-11)10-19-15(18)9-12-5-7-13(16)8-6-12/h2-8H,9-10H2,1H3. The van der Waals surface area contributed by atoms with Crippen LogP contribution < -0.4 is 0 Å². The topological polar surface area (TPSA) is 39.2 Å². The number of rotatable bonds is 4. The monoisotopic (exact) mass is 319 g/mol. The molecule has 2 aromatic rings. The Morgan fingerprint density at radius 3 is 2.63 bits per heavy atom. The van der Waals surface area contributed by atoms with E-state index in [-0.39, 0.29) is 19.0 Å². The predicted octanol–water partition coefficient (Wildman–Crippen LogP) is 3.44. The molecular formula is C15H14BrNO2. The fraction of sp³-hybridized carbons (Fsp3) is 0.200. The summed E-state index contributed by atoms with van der Waals surface area (Å²) in [4.78, 5) is 16.0. The number of benzene rings is 1. The zero-order chi connectivity index (χ0) is 13.7. The van der Waals surface area contributed by atoms with Crippen LogP contribution in [0.3, 0.4) is 0 Å². The van der Waals surface area contributed by atoms with Gasteiger partial charge in [-0.15, -0.1) is 0 Å². The van der Waals surface area contributed by atoms with Gasteiger partial charge >= 0.3 is 5.97 Å². The summed E-state index contributed by atoms with van der Waals surface area (Å²) in [6, 6.07) is 13.3. The maximum Gasteiger partial charge on any atom is 0.310 e. The van der Waals surface area contributed by atoms with Gasteiger partial charge in [0.2, 0.25) is 0 Å². The fourth-order valence-electron chi connectivity index (χ4n) is 1.65. The van der Waals surface area contributed by atoms with Crippen LogP contribution in [0.15, 0.2) is 46.9 Å². The minimum absolute atomic E-state index is 0.219. The Kier molecular flexibility index (Phi) is 4.68. The van der Waals surface area contributed by atoms with Gasteiger partial charge in [0.05, 0.1) is 12.1 Å². The van der Waals surface area contributed by atoms with Crippen LogP contribution in [-0.2, 0) is 22.6 Å². The molecule has 1 aromatic heterocycles. The van der Waals surface area contributed by atoms with Crippen molar-refractivity contribution in [1.29, 1.82) is 0 Å². The molecule has 0 fully saturated rings. The minimum Gasteiger partial charge on any atom is -0.459 e. The van der Waals surface area contributed by atoms with E-state index in [0.717, 1.165) is 21.4 Å². The Morgan fingerprint density at radius 2 is 1.95 bits per heavy atom. The van der Waals surface area contributed by atoms with E-state index in [9.17, 15) is 4.79 Å². The van der Waals surface area contributed by atoms with E-state index in [1.165, 1.54) is 0 Å². The summed E-state index contributed by atoms with van der Waals surface area (Å²) in [5, 5.41) is 0. The maximum atomic E-state index is 11.7. The number of nitrogens with zero attached hydrogens (tertiary/aromatic N) is 1. The molecule has 0 saturated carbocycles. The SMILES string of the molecule is Cc1cccc(COC(=O)Cc2ccc(Br)cc2)n1. The molecule has 98 valence electrons. The van der Waals surface area contributed by atoms with Crippen LogP contribution in [-0.4, -0.2) is 11.0 Å². The largest absolute Gasteiger partial charge is 0.459 e. The third kappa shape index (κ3) is 4.48. The lowest BCUT2D eigenvalue weighted by molar-refractivity contribution is -0.144. The molecule has 0 aliphatic rings. The third-order valence-corrected chi connectivity index (χ3v) is 3.12. The van der Waals surface area contributed by atoms with Crippen LogP contribution in [0.4, 0.5) is 0 Å². The molecule has 1 aromatic carbocycles. The molecular weight excluding hydrogens is 306 g/mol. The second-order valence-corrected chi connectivity index (χ2v) is 5.15. The summed E-state index contributed by atoms with van der Waals surface area (Å²) >= 11 is 3.36. The first-order valence-electron chi connectivity index (χ1n) is 5.96. The zero-order valence-corrected chi connectivity index (χ0v) is 12.2. The molecule has 1 heterocycles. The molecule has 0 saturated heterocycles. The molecule has 0 N–H and O–H groups in total. The first-order valence-corrected chi connectivity index (χ1v) is 6.75. The van der Waals surface area contributed by atoms with Crippen molar-refractivity contribution in [1.82, 2.24) is 4.98 Å². The van der Waals surface area contributed by atoms with E-state index in [1.54, 1.807) is 0 Å². The summed E-state index contributed by atoms with van der Waals surface area (Å²) in [7, 11) is 0. The Labute approximate surface area is 120 Å². The average Bonchev–Trinajstić information content (AvgIpc) is 2.39. The number of pyridine rings is 1. The van der Waals surface area contributed by atoms with E-state index >= 15 is 0 Å². The van der Waals surface area contributed by atoms with Crippen molar-refractivity contribution >= 4 is 21.9 Å². The first kappa shape index (κ1) is 13.7. The fourth-order valence-corrected chi connectivity index (χ4v) is 1.92. The third-order valence-electron chi connectivity index (χ3n) is 2.59. The van der Waals surface area contributed by atoms with Gasteiger partial charge in [-0.3, -0.25) is 9.78 Å². The number of ether oxygens (including phenoxy) is 1. The van der Waals surface area contributed by atoms with Gasteiger partial charge in [-0.2, -0.15) is 0 Å². The molecule has 0 atom stereocenters. The van der Waals surface area contributed by atoms with Gasteiger partial charge in [-0.1, -0.05) is 34.1 Å². The number of hydrogen-bond donors (Lipinski definition) is 0. The van der Waals surface area contributed by atoms with Crippen molar-refractivity contribution in [3.8, 4) is 0 Å². The van der Waals surface area contributed by atoms with E-state index in [1.807, 2.05) is 49.4 Å². The van der Waals surface area contributed by atoms with Crippen molar-refractivity contribution in [2.75, 3.05) is 0 Å². The van der Waals surface area contributed by atoms with Crippen LogP contribution in [0.25, 0.3) is 0 Å². The van der Waals surface area contributed by atoms with Gasteiger partial charge in [0.25, 0.3) is 0 Å². The number of carbonyl (C=O) groups is 1. The van der Waals surface area contributed by atoms with Crippen molar-refractivity contribution in [2.45, 2.75) is 20.0 Å². The van der Waals surface area contributed by atoms with E-state index in [4.69, 9.17) is 4.74 Å². The Morgan fingerprint density at radius 1 is 1.21 bits per heavy atom. The lowest BCUT2D eigenvalue weighted by Crippen LogP contribution is -2.08. The van der Waals surface area contributed by atoms with Crippen LogP contribution in [0.1, 0.15) is 17.0 Å². The van der Waals surface area contributed by atoms with Crippen LogP contribution in [0.2, 0.25) is 0 Å². The zero-order valence-electron chi connectivity index (χ0n) is 10.6. The highest BCUT2D eigenvalue weighted by Gasteiger charge is 2.05. The lowest BCUT2D eigenvalue weighted by atomic mass is 10.2.